The van der Waals surface area contributed by atoms with Crippen LogP contribution in [-0.2, 0) is 11.3 Å². The summed E-state index contributed by atoms with van der Waals surface area (Å²) >= 11 is 0. The average molecular weight is 279 g/mol. The average Bonchev–Trinajstić information content (AvgIpc) is 2.52. The number of methoxy groups -OCH3 is 3. The van der Waals surface area contributed by atoms with Gasteiger partial charge in [-0.1, -0.05) is 18.9 Å². The molecule has 4 nitrogen and oxygen atoms in total. The maximum Gasteiger partial charge on any atom is 0.127 e. The second-order valence-corrected chi connectivity index (χ2v) is 5.22. The minimum Gasteiger partial charge on any atom is -0.497 e. The van der Waals surface area contributed by atoms with Crippen molar-refractivity contribution in [3.05, 3.63) is 23.8 Å². The number of rotatable bonds is 6. The van der Waals surface area contributed by atoms with E-state index in [1.165, 1.54) is 19.3 Å². The van der Waals surface area contributed by atoms with Crippen molar-refractivity contribution in [2.75, 3.05) is 21.3 Å². The van der Waals surface area contributed by atoms with Gasteiger partial charge in [0.1, 0.15) is 11.5 Å². The zero-order valence-corrected chi connectivity index (χ0v) is 12.6. The van der Waals surface area contributed by atoms with Gasteiger partial charge < -0.3 is 19.5 Å². The van der Waals surface area contributed by atoms with Crippen LogP contribution in [0.25, 0.3) is 0 Å². The normalized spacial score (nSPS) is 22.6. The van der Waals surface area contributed by atoms with Gasteiger partial charge in [-0.3, -0.25) is 0 Å². The van der Waals surface area contributed by atoms with Gasteiger partial charge in [0, 0.05) is 31.3 Å². The highest BCUT2D eigenvalue weighted by molar-refractivity contribution is 5.40. The van der Waals surface area contributed by atoms with Gasteiger partial charge in [0.2, 0.25) is 0 Å². The summed E-state index contributed by atoms with van der Waals surface area (Å²) in [5, 5.41) is 3.61. The topological polar surface area (TPSA) is 39.7 Å². The van der Waals surface area contributed by atoms with E-state index in [0.717, 1.165) is 30.0 Å². The van der Waals surface area contributed by atoms with E-state index in [-0.39, 0.29) is 0 Å². The zero-order valence-electron chi connectivity index (χ0n) is 12.6. The highest BCUT2D eigenvalue weighted by Gasteiger charge is 2.24. The molecule has 1 fully saturated rings. The van der Waals surface area contributed by atoms with E-state index < -0.39 is 0 Å². The van der Waals surface area contributed by atoms with E-state index >= 15 is 0 Å². The van der Waals surface area contributed by atoms with Crippen molar-refractivity contribution in [3.63, 3.8) is 0 Å². The van der Waals surface area contributed by atoms with E-state index in [9.17, 15) is 0 Å². The summed E-state index contributed by atoms with van der Waals surface area (Å²) in [6.07, 6.45) is 5.19. The number of hydrogen-bond acceptors (Lipinski definition) is 4. The van der Waals surface area contributed by atoms with Crippen LogP contribution >= 0.6 is 0 Å². The first kappa shape index (κ1) is 15.1. The van der Waals surface area contributed by atoms with Gasteiger partial charge >= 0.3 is 0 Å². The lowest BCUT2D eigenvalue weighted by Crippen LogP contribution is -2.42. The molecule has 0 aliphatic heterocycles. The fourth-order valence-corrected chi connectivity index (χ4v) is 2.85. The first-order valence-electron chi connectivity index (χ1n) is 7.25. The van der Waals surface area contributed by atoms with Crippen LogP contribution in [0.15, 0.2) is 18.2 Å². The van der Waals surface area contributed by atoms with Gasteiger partial charge in [0.05, 0.1) is 20.3 Å². The summed E-state index contributed by atoms with van der Waals surface area (Å²) in [4.78, 5) is 0. The lowest BCUT2D eigenvalue weighted by Gasteiger charge is -2.31. The zero-order chi connectivity index (χ0) is 14.4. The van der Waals surface area contributed by atoms with Crippen LogP contribution in [0, 0.1) is 0 Å². The Bertz CT molecular complexity index is 422. The van der Waals surface area contributed by atoms with Crippen molar-refractivity contribution in [2.24, 2.45) is 0 Å². The molecule has 0 aromatic heterocycles. The number of nitrogens with one attached hydrogen (secondary N) is 1. The standard InChI is InChI=1S/C16H25NO3/c1-18-13-9-8-12(16(10-13)20-3)11-17-14-6-4-5-7-15(14)19-2/h8-10,14-15,17H,4-7,11H2,1-3H3/t14-,15+/m1/s1. The quantitative estimate of drug-likeness (QED) is 0.869. The SMILES string of the molecule is COc1ccc(CN[C@@H]2CCCC[C@@H]2OC)c(OC)c1. The van der Waals surface area contributed by atoms with E-state index in [1.807, 2.05) is 12.1 Å². The third kappa shape index (κ3) is 3.64. The number of benzene rings is 1. The predicted octanol–water partition coefficient (Wildman–Crippen LogP) is 2.75. The van der Waals surface area contributed by atoms with Crippen LogP contribution in [0.4, 0.5) is 0 Å². The van der Waals surface area contributed by atoms with E-state index in [0.29, 0.717) is 12.1 Å². The molecule has 1 saturated carbocycles. The smallest absolute Gasteiger partial charge is 0.127 e. The molecule has 1 aliphatic rings. The molecule has 1 N–H and O–H groups in total. The van der Waals surface area contributed by atoms with E-state index in [4.69, 9.17) is 14.2 Å². The summed E-state index contributed by atoms with van der Waals surface area (Å²) < 4.78 is 16.2. The van der Waals surface area contributed by atoms with Crippen molar-refractivity contribution in [3.8, 4) is 11.5 Å². The largest absolute Gasteiger partial charge is 0.497 e. The molecular weight excluding hydrogens is 254 g/mol. The van der Waals surface area contributed by atoms with E-state index in [1.54, 1.807) is 21.3 Å². The Morgan fingerprint density at radius 1 is 1.10 bits per heavy atom. The minimum absolute atomic E-state index is 0.327. The van der Waals surface area contributed by atoms with Gasteiger partial charge in [0.25, 0.3) is 0 Å². The molecule has 0 radical (unpaired) electrons. The molecule has 0 unspecified atom stereocenters. The first-order chi connectivity index (χ1) is 9.78. The molecule has 1 aromatic rings. The molecule has 112 valence electrons. The van der Waals surface area contributed by atoms with Gasteiger partial charge in [0.15, 0.2) is 0 Å². The second kappa shape index (κ2) is 7.50. The molecule has 2 rings (SSSR count). The molecule has 20 heavy (non-hydrogen) atoms. The van der Waals surface area contributed by atoms with Crippen LogP contribution in [-0.4, -0.2) is 33.5 Å². The van der Waals surface area contributed by atoms with E-state index in [2.05, 4.69) is 11.4 Å². The lowest BCUT2D eigenvalue weighted by molar-refractivity contribution is 0.0412. The predicted molar refractivity (Wildman–Crippen MR) is 79.4 cm³/mol. The summed E-state index contributed by atoms with van der Waals surface area (Å²) in [5.41, 5.74) is 1.15. The molecule has 2 atom stereocenters. The fraction of sp³-hybridized carbons (Fsp3) is 0.625. The summed E-state index contributed by atoms with van der Waals surface area (Å²) in [6.45, 7) is 0.789. The summed E-state index contributed by atoms with van der Waals surface area (Å²) in [6, 6.07) is 6.37. The molecular formula is C16H25NO3. The van der Waals surface area contributed by atoms with Gasteiger partial charge in [-0.25, -0.2) is 0 Å². The van der Waals surface area contributed by atoms with Crippen molar-refractivity contribution in [2.45, 2.75) is 44.4 Å². The molecule has 1 aromatic carbocycles. The number of ether oxygens (including phenoxy) is 3. The summed E-state index contributed by atoms with van der Waals surface area (Å²) in [5.74, 6) is 1.68. The Morgan fingerprint density at radius 3 is 2.60 bits per heavy atom. The minimum atomic E-state index is 0.327. The van der Waals surface area contributed by atoms with Gasteiger partial charge in [-0.2, -0.15) is 0 Å². The fourth-order valence-electron chi connectivity index (χ4n) is 2.85. The maximum absolute atomic E-state index is 5.57. The Kier molecular flexibility index (Phi) is 5.68. The third-order valence-corrected chi connectivity index (χ3v) is 4.05. The van der Waals surface area contributed by atoms with Crippen molar-refractivity contribution in [1.29, 1.82) is 0 Å². The van der Waals surface area contributed by atoms with Crippen molar-refractivity contribution >= 4 is 0 Å². The Hall–Kier alpha value is -1.26. The van der Waals surface area contributed by atoms with Crippen LogP contribution in [0.5, 0.6) is 11.5 Å². The third-order valence-electron chi connectivity index (χ3n) is 4.05. The maximum atomic E-state index is 5.57. The lowest BCUT2D eigenvalue weighted by atomic mass is 9.92. The molecule has 0 saturated heterocycles. The molecule has 0 amide bonds. The van der Waals surface area contributed by atoms with Crippen LogP contribution in [0.2, 0.25) is 0 Å². The Balaban J connectivity index is 1.99. The molecule has 0 spiro atoms. The van der Waals surface area contributed by atoms with Gasteiger partial charge in [-0.15, -0.1) is 0 Å². The van der Waals surface area contributed by atoms with Gasteiger partial charge in [-0.05, 0) is 18.9 Å². The molecule has 0 heterocycles. The highest BCUT2D eigenvalue weighted by atomic mass is 16.5. The molecule has 1 aliphatic carbocycles. The first-order valence-corrected chi connectivity index (χ1v) is 7.25. The Morgan fingerprint density at radius 2 is 1.90 bits per heavy atom. The molecule has 0 bridgehead atoms. The van der Waals surface area contributed by atoms with Crippen molar-refractivity contribution in [1.82, 2.24) is 5.32 Å². The summed E-state index contributed by atoms with van der Waals surface area (Å²) in [7, 11) is 5.16. The monoisotopic (exact) mass is 279 g/mol. The Labute approximate surface area is 121 Å². The number of hydrogen-bond donors (Lipinski definition) is 1. The highest BCUT2D eigenvalue weighted by Crippen LogP contribution is 2.26. The van der Waals surface area contributed by atoms with Crippen LogP contribution in [0.1, 0.15) is 31.2 Å². The molecule has 4 heteroatoms. The second-order valence-electron chi connectivity index (χ2n) is 5.22. The van der Waals surface area contributed by atoms with Crippen LogP contribution < -0.4 is 14.8 Å². The van der Waals surface area contributed by atoms with Crippen molar-refractivity contribution < 1.29 is 14.2 Å². The van der Waals surface area contributed by atoms with Crippen LogP contribution in [0.3, 0.4) is 0 Å².